The van der Waals surface area contributed by atoms with E-state index in [9.17, 15) is 4.79 Å². The number of allylic oxidation sites excluding steroid dienone is 1. The second-order valence-corrected chi connectivity index (χ2v) is 8.33. The van der Waals surface area contributed by atoms with E-state index in [4.69, 9.17) is 5.26 Å². The molecule has 0 unspecified atom stereocenters. The van der Waals surface area contributed by atoms with Gasteiger partial charge in [0.2, 0.25) is 0 Å². The first-order chi connectivity index (χ1) is 15.1. The molecule has 3 aromatic rings. The highest BCUT2D eigenvalue weighted by Crippen LogP contribution is 2.32. The summed E-state index contributed by atoms with van der Waals surface area (Å²) >= 11 is 0. The average Bonchev–Trinajstić information content (AvgIpc) is 3.32. The van der Waals surface area contributed by atoms with Crippen LogP contribution in [0.15, 0.2) is 53.5 Å². The molecule has 1 N–H and O–H groups in total. The molecule has 2 aromatic heterocycles. The summed E-state index contributed by atoms with van der Waals surface area (Å²) in [6.07, 6.45) is 6.13. The second-order valence-electron chi connectivity index (χ2n) is 8.33. The number of nitrogens with one attached hydrogen (secondary N) is 1. The minimum atomic E-state index is -0.0657. The molecule has 2 aliphatic rings. The largest absolute Gasteiger partial charge is 0.369 e. The van der Waals surface area contributed by atoms with E-state index >= 15 is 0 Å². The molecule has 3 heterocycles. The van der Waals surface area contributed by atoms with E-state index in [2.05, 4.69) is 31.9 Å². The quantitative estimate of drug-likeness (QED) is 0.714. The molecule has 0 saturated carbocycles. The lowest BCUT2D eigenvalue weighted by Crippen LogP contribution is -2.49. The lowest BCUT2D eigenvalue weighted by molar-refractivity contribution is 0.214. The number of aromatic amines is 1. The summed E-state index contributed by atoms with van der Waals surface area (Å²) in [5, 5.41) is 9.63. The topological polar surface area (TPSA) is 76.0 Å². The van der Waals surface area contributed by atoms with Gasteiger partial charge in [0.05, 0.1) is 22.5 Å². The van der Waals surface area contributed by atoms with Crippen molar-refractivity contribution in [2.75, 3.05) is 31.1 Å². The molecule has 1 saturated heterocycles. The number of nitriles is 1. The highest BCUT2D eigenvalue weighted by atomic mass is 16.1. The number of H-pyrrole nitrogens is 1. The van der Waals surface area contributed by atoms with Crippen molar-refractivity contribution in [2.24, 2.45) is 0 Å². The van der Waals surface area contributed by atoms with Crippen molar-refractivity contribution in [1.29, 1.82) is 5.26 Å². The van der Waals surface area contributed by atoms with Gasteiger partial charge in [-0.1, -0.05) is 6.08 Å². The molecular weight excluding hydrogens is 386 g/mol. The van der Waals surface area contributed by atoms with Crippen LogP contribution >= 0.6 is 0 Å². The number of hydrogen-bond acceptors (Lipinski definition) is 5. The molecule has 1 atom stereocenters. The zero-order valence-electron chi connectivity index (χ0n) is 17.6. The number of aromatic nitrogens is 2. The van der Waals surface area contributed by atoms with Gasteiger partial charge in [0.1, 0.15) is 0 Å². The number of aryl methyl sites for hydroxylation is 1. The van der Waals surface area contributed by atoms with Gasteiger partial charge in [0, 0.05) is 49.8 Å². The van der Waals surface area contributed by atoms with E-state index < -0.39 is 0 Å². The fourth-order valence-corrected chi connectivity index (χ4v) is 4.86. The third-order valence-electron chi connectivity index (χ3n) is 6.59. The zero-order valence-corrected chi connectivity index (χ0v) is 17.6. The van der Waals surface area contributed by atoms with Gasteiger partial charge < -0.3 is 9.88 Å². The molecule has 0 spiro atoms. The SMILES string of the molecule is Cc1c(C2=C[C@H](N3CCN(c4ccc(C#N)cc4)CC3)CC2)[nH]c(=O)c2cccnc12. The molecule has 5 rings (SSSR count). The Morgan fingerprint density at radius 1 is 1.13 bits per heavy atom. The van der Waals surface area contributed by atoms with Crippen LogP contribution in [0, 0.1) is 18.3 Å². The van der Waals surface area contributed by atoms with E-state index in [-0.39, 0.29) is 5.56 Å². The Hall–Kier alpha value is -3.43. The Morgan fingerprint density at radius 3 is 2.65 bits per heavy atom. The van der Waals surface area contributed by atoms with Crippen LogP contribution in [0.5, 0.6) is 0 Å². The molecule has 6 heteroatoms. The highest BCUT2D eigenvalue weighted by Gasteiger charge is 2.27. The summed E-state index contributed by atoms with van der Waals surface area (Å²) in [5.74, 6) is 0. The van der Waals surface area contributed by atoms with Crippen LogP contribution in [0.1, 0.15) is 29.7 Å². The number of nitrogens with zero attached hydrogens (tertiary/aromatic N) is 4. The third-order valence-corrected chi connectivity index (χ3v) is 6.59. The van der Waals surface area contributed by atoms with Crippen molar-refractivity contribution in [2.45, 2.75) is 25.8 Å². The van der Waals surface area contributed by atoms with E-state index in [1.807, 2.05) is 37.3 Å². The number of rotatable bonds is 3. The standard InChI is InChI=1S/C25H25N5O/c1-17-23(28-25(31)22-3-2-10-27-24(17)22)19-6-9-21(15-19)30-13-11-29(12-14-30)20-7-4-18(16-26)5-8-20/h2-5,7-8,10,15,21H,6,9,11-14H2,1H3,(H,28,31)/t21-/m1/s1. The highest BCUT2D eigenvalue weighted by molar-refractivity contribution is 5.85. The number of piperazine rings is 1. The first kappa shape index (κ1) is 19.5. The van der Waals surface area contributed by atoms with Gasteiger partial charge in [0.15, 0.2) is 0 Å². The number of benzene rings is 1. The smallest absolute Gasteiger partial charge is 0.257 e. The van der Waals surface area contributed by atoms with Crippen LogP contribution in [0.25, 0.3) is 16.5 Å². The van der Waals surface area contributed by atoms with Crippen molar-refractivity contribution in [3.8, 4) is 6.07 Å². The van der Waals surface area contributed by atoms with E-state index in [0.29, 0.717) is 17.0 Å². The van der Waals surface area contributed by atoms with Gasteiger partial charge in [-0.25, -0.2) is 0 Å². The summed E-state index contributed by atoms with van der Waals surface area (Å²) < 4.78 is 0. The maximum Gasteiger partial charge on any atom is 0.257 e. The molecule has 6 nitrogen and oxygen atoms in total. The van der Waals surface area contributed by atoms with Gasteiger partial charge in [-0.15, -0.1) is 0 Å². The molecule has 31 heavy (non-hydrogen) atoms. The summed E-state index contributed by atoms with van der Waals surface area (Å²) in [5.41, 5.74) is 5.82. The van der Waals surface area contributed by atoms with E-state index in [1.54, 1.807) is 12.3 Å². The van der Waals surface area contributed by atoms with Crippen LogP contribution < -0.4 is 10.5 Å². The monoisotopic (exact) mass is 411 g/mol. The van der Waals surface area contributed by atoms with Crippen molar-refractivity contribution < 1.29 is 0 Å². The Bertz CT molecular complexity index is 1240. The van der Waals surface area contributed by atoms with Gasteiger partial charge in [-0.3, -0.25) is 14.7 Å². The fraction of sp³-hybridized carbons (Fsp3) is 0.320. The number of fused-ring (bicyclic) bond motifs is 1. The van der Waals surface area contributed by atoms with Gasteiger partial charge in [-0.05, 0) is 67.3 Å². The summed E-state index contributed by atoms with van der Waals surface area (Å²) in [6.45, 7) is 6.00. The predicted octanol–water partition coefficient (Wildman–Crippen LogP) is 3.47. The van der Waals surface area contributed by atoms with Gasteiger partial charge >= 0.3 is 0 Å². The molecular formula is C25H25N5O. The minimum Gasteiger partial charge on any atom is -0.369 e. The summed E-state index contributed by atoms with van der Waals surface area (Å²) in [4.78, 5) is 25.0. The Kier molecular flexibility index (Phi) is 5.05. The summed E-state index contributed by atoms with van der Waals surface area (Å²) in [7, 11) is 0. The van der Waals surface area contributed by atoms with Crippen molar-refractivity contribution >= 4 is 22.2 Å². The number of hydrogen-bond donors (Lipinski definition) is 1. The molecule has 1 aromatic carbocycles. The summed E-state index contributed by atoms with van der Waals surface area (Å²) in [6, 6.07) is 14.1. The number of pyridine rings is 2. The van der Waals surface area contributed by atoms with Gasteiger partial charge in [0.25, 0.3) is 5.56 Å². The van der Waals surface area contributed by atoms with Crippen LogP contribution in [0.4, 0.5) is 5.69 Å². The maximum absolute atomic E-state index is 12.5. The second kappa shape index (κ2) is 8.01. The Balaban J connectivity index is 1.31. The normalized spacial score (nSPS) is 19.4. The maximum atomic E-state index is 12.5. The molecule has 1 aliphatic heterocycles. The predicted molar refractivity (Wildman–Crippen MR) is 123 cm³/mol. The molecule has 1 aliphatic carbocycles. The molecule has 156 valence electrons. The molecule has 0 bridgehead atoms. The van der Waals surface area contributed by atoms with Crippen molar-refractivity contribution in [3.63, 3.8) is 0 Å². The molecule has 1 fully saturated rings. The molecule has 0 radical (unpaired) electrons. The van der Waals surface area contributed by atoms with Gasteiger partial charge in [-0.2, -0.15) is 5.26 Å². The lowest BCUT2D eigenvalue weighted by Gasteiger charge is -2.38. The molecule has 0 amide bonds. The van der Waals surface area contributed by atoms with E-state index in [0.717, 1.165) is 55.8 Å². The van der Waals surface area contributed by atoms with Crippen molar-refractivity contribution in [1.82, 2.24) is 14.9 Å². The fourth-order valence-electron chi connectivity index (χ4n) is 4.86. The van der Waals surface area contributed by atoms with Crippen molar-refractivity contribution in [3.05, 3.63) is 75.8 Å². The van der Waals surface area contributed by atoms with Crippen LogP contribution in [-0.4, -0.2) is 47.1 Å². The first-order valence-electron chi connectivity index (χ1n) is 10.8. The lowest BCUT2D eigenvalue weighted by atomic mass is 10.0. The van der Waals surface area contributed by atoms with Crippen LogP contribution in [-0.2, 0) is 0 Å². The number of anilines is 1. The van der Waals surface area contributed by atoms with Crippen LogP contribution in [0.2, 0.25) is 0 Å². The zero-order chi connectivity index (χ0) is 21.4. The first-order valence-corrected chi connectivity index (χ1v) is 10.8. The average molecular weight is 412 g/mol. The van der Waals surface area contributed by atoms with Crippen LogP contribution in [0.3, 0.4) is 0 Å². The minimum absolute atomic E-state index is 0.0657. The van der Waals surface area contributed by atoms with E-state index in [1.165, 1.54) is 11.3 Å². The Morgan fingerprint density at radius 2 is 1.90 bits per heavy atom. The Labute approximate surface area is 181 Å². The third kappa shape index (κ3) is 3.62.